The number of halogens is 1. The van der Waals surface area contributed by atoms with Gasteiger partial charge < -0.3 is 15.2 Å². The van der Waals surface area contributed by atoms with Crippen LogP contribution in [-0.2, 0) is 6.54 Å². The largest absolute Gasteiger partial charge is 0.360 e. The van der Waals surface area contributed by atoms with Gasteiger partial charge in [-0.3, -0.25) is 4.68 Å². The van der Waals surface area contributed by atoms with Crippen molar-refractivity contribution >= 4 is 16.9 Å². The third-order valence-electron chi connectivity index (χ3n) is 4.13. The number of carbonyl (C=O) groups is 1. The Labute approximate surface area is 139 Å². The number of hydrogen-bond donors (Lipinski definition) is 2. The van der Waals surface area contributed by atoms with Crippen LogP contribution < -0.4 is 5.32 Å². The number of nitrogens with zero attached hydrogens (tertiary/aromatic N) is 3. The van der Waals surface area contributed by atoms with Crippen molar-refractivity contribution in [2.75, 3.05) is 19.6 Å². The number of nitrogens with one attached hydrogen (secondary N) is 2. The number of hydrogen-bond acceptors (Lipinski definition) is 2. The molecule has 0 radical (unpaired) electrons. The lowest BCUT2D eigenvalue weighted by Crippen LogP contribution is -2.31. The summed E-state index contributed by atoms with van der Waals surface area (Å²) in [5.74, 6) is -0.259. The van der Waals surface area contributed by atoms with Gasteiger partial charge >= 0.3 is 6.03 Å². The summed E-state index contributed by atoms with van der Waals surface area (Å²) >= 11 is 0. The second-order valence-electron chi connectivity index (χ2n) is 5.60. The molecule has 1 aliphatic rings. The van der Waals surface area contributed by atoms with Crippen LogP contribution in [0.4, 0.5) is 9.18 Å². The molecule has 1 saturated heterocycles. The molecule has 0 atom stereocenters. The van der Waals surface area contributed by atoms with Crippen LogP contribution in [0.25, 0.3) is 22.0 Å². The zero-order chi connectivity index (χ0) is 15.8. The van der Waals surface area contributed by atoms with E-state index in [1.807, 2.05) is 17.1 Å². The highest BCUT2D eigenvalue weighted by atomic mass is 19.1. The van der Waals surface area contributed by atoms with Crippen LogP contribution in [0.3, 0.4) is 0 Å². The summed E-state index contributed by atoms with van der Waals surface area (Å²) < 4.78 is 15.1. The summed E-state index contributed by atoms with van der Waals surface area (Å²) in [6.45, 7) is 2.71. The SMILES string of the molecule is C.O=C1NCCN1CCn1cc(-c2c[nH]c3cc(F)ccc23)cn1. The Hall–Kier alpha value is -2.83. The first kappa shape index (κ1) is 16.0. The zero-order valence-electron chi connectivity index (χ0n) is 12.4. The molecule has 24 heavy (non-hydrogen) atoms. The minimum Gasteiger partial charge on any atom is -0.360 e. The van der Waals surface area contributed by atoms with Gasteiger partial charge in [0.05, 0.1) is 12.7 Å². The lowest BCUT2D eigenvalue weighted by atomic mass is 10.1. The summed E-state index contributed by atoms with van der Waals surface area (Å²) in [4.78, 5) is 16.4. The first-order chi connectivity index (χ1) is 11.2. The number of aromatic nitrogens is 3. The van der Waals surface area contributed by atoms with Gasteiger partial charge in [0.2, 0.25) is 0 Å². The van der Waals surface area contributed by atoms with Gasteiger partial charge in [-0.25, -0.2) is 9.18 Å². The minimum atomic E-state index is -0.259. The van der Waals surface area contributed by atoms with Crippen molar-refractivity contribution in [3.63, 3.8) is 0 Å². The van der Waals surface area contributed by atoms with Crippen LogP contribution in [0.5, 0.6) is 0 Å². The Morgan fingerprint density at radius 2 is 2.17 bits per heavy atom. The van der Waals surface area contributed by atoms with E-state index in [1.54, 1.807) is 17.2 Å². The number of H-pyrrole nitrogens is 1. The number of amides is 2. The molecule has 0 saturated carbocycles. The van der Waals surface area contributed by atoms with Gasteiger partial charge in [0.15, 0.2) is 0 Å². The van der Waals surface area contributed by atoms with E-state index in [9.17, 15) is 9.18 Å². The average Bonchev–Trinajstić information content (AvgIpc) is 3.24. The molecule has 1 aliphatic heterocycles. The fraction of sp³-hybridized carbons (Fsp3) is 0.294. The van der Waals surface area contributed by atoms with E-state index in [-0.39, 0.29) is 19.3 Å². The monoisotopic (exact) mass is 329 g/mol. The van der Waals surface area contributed by atoms with Gasteiger partial charge in [0.1, 0.15) is 5.82 Å². The second-order valence-corrected chi connectivity index (χ2v) is 5.60. The summed E-state index contributed by atoms with van der Waals surface area (Å²) in [5, 5.41) is 8.10. The highest BCUT2D eigenvalue weighted by Crippen LogP contribution is 2.28. The van der Waals surface area contributed by atoms with E-state index in [1.165, 1.54) is 12.1 Å². The maximum Gasteiger partial charge on any atom is 0.317 e. The maximum absolute atomic E-state index is 13.3. The van der Waals surface area contributed by atoms with Crippen LogP contribution in [0.1, 0.15) is 7.43 Å². The normalized spacial score (nSPS) is 14.0. The molecule has 0 bridgehead atoms. The second kappa shape index (κ2) is 6.35. The highest BCUT2D eigenvalue weighted by Gasteiger charge is 2.18. The Balaban J connectivity index is 0.00000169. The molecule has 2 N–H and O–H groups in total. The number of rotatable bonds is 4. The summed E-state index contributed by atoms with van der Waals surface area (Å²) in [6.07, 6.45) is 5.59. The van der Waals surface area contributed by atoms with Crippen molar-refractivity contribution in [3.05, 3.63) is 42.6 Å². The molecule has 0 spiro atoms. The molecule has 3 aromatic rings. The molecule has 2 aromatic heterocycles. The van der Waals surface area contributed by atoms with Gasteiger partial charge in [0.25, 0.3) is 0 Å². The van der Waals surface area contributed by atoms with Crippen LogP contribution in [0.2, 0.25) is 0 Å². The Kier molecular flexibility index (Phi) is 4.24. The molecule has 0 unspecified atom stereocenters. The van der Waals surface area contributed by atoms with Gasteiger partial charge in [-0.05, 0) is 18.2 Å². The van der Waals surface area contributed by atoms with Crippen molar-refractivity contribution in [2.45, 2.75) is 14.0 Å². The molecule has 1 aromatic carbocycles. The third kappa shape index (κ3) is 2.84. The quantitative estimate of drug-likeness (QED) is 0.773. The lowest BCUT2D eigenvalue weighted by molar-refractivity contribution is 0.215. The lowest BCUT2D eigenvalue weighted by Gasteiger charge is -2.13. The third-order valence-corrected chi connectivity index (χ3v) is 4.13. The van der Waals surface area contributed by atoms with Crippen LogP contribution in [-0.4, -0.2) is 45.3 Å². The van der Waals surface area contributed by atoms with Crippen LogP contribution >= 0.6 is 0 Å². The predicted octanol–water partition coefficient (Wildman–Crippen LogP) is 2.83. The standard InChI is InChI=1S/C16H16FN5O.CH4/c17-12-1-2-13-14(9-19-15(13)7-12)11-8-20-22(10-11)6-5-21-4-3-18-16(21)23;/h1-2,7-10,19H,3-6H2,(H,18,23);1H4. The van der Waals surface area contributed by atoms with E-state index in [0.29, 0.717) is 19.6 Å². The Morgan fingerprint density at radius 3 is 2.96 bits per heavy atom. The highest BCUT2D eigenvalue weighted by molar-refractivity contribution is 5.95. The number of carbonyl (C=O) groups excluding carboxylic acids is 1. The number of fused-ring (bicyclic) bond motifs is 1. The first-order valence-corrected chi connectivity index (χ1v) is 7.53. The fourth-order valence-corrected chi connectivity index (χ4v) is 2.91. The summed E-state index contributed by atoms with van der Waals surface area (Å²) in [7, 11) is 0. The number of urea groups is 1. The van der Waals surface area contributed by atoms with Gasteiger partial charge in [-0.2, -0.15) is 5.10 Å². The van der Waals surface area contributed by atoms with Crippen molar-refractivity contribution in [1.82, 2.24) is 25.0 Å². The summed E-state index contributed by atoms with van der Waals surface area (Å²) in [6, 6.07) is 4.68. The van der Waals surface area contributed by atoms with E-state index in [0.717, 1.165) is 28.6 Å². The van der Waals surface area contributed by atoms with Gasteiger partial charge in [-0.1, -0.05) is 7.43 Å². The van der Waals surface area contributed by atoms with Crippen LogP contribution in [0, 0.1) is 5.82 Å². The molecule has 1 fully saturated rings. The van der Waals surface area contributed by atoms with Crippen molar-refractivity contribution in [3.8, 4) is 11.1 Å². The predicted molar refractivity (Wildman–Crippen MR) is 91.2 cm³/mol. The van der Waals surface area contributed by atoms with Crippen molar-refractivity contribution in [2.24, 2.45) is 0 Å². The topological polar surface area (TPSA) is 66.0 Å². The van der Waals surface area contributed by atoms with E-state index in [2.05, 4.69) is 15.4 Å². The number of aromatic amines is 1. The van der Waals surface area contributed by atoms with Gasteiger partial charge in [-0.15, -0.1) is 0 Å². The average molecular weight is 329 g/mol. The number of benzene rings is 1. The zero-order valence-corrected chi connectivity index (χ0v) is 12.4. The van der Waals surface area contributed by atoms with E-state index >= 15 is 0 Å². The smallest absolute Gasteiger partial charge is 0.317 e. The molecular formula is C17H20FN5O. The van der Waals surface area contributed by atoms with Crippen LogP contribution in [0.15, 0.2) is 36.8 Å². The summed E-state index contributed by atoms with van der Waals surface area (Å²) in [5.41, 5.74) is 2.72. The first-order valence-electron chi connectivity index (χ1n) is 7.53. The van der Waals surface area contributed by atoms with Gasteiger partial charge in [0, 0.05) is 54.1 Å². The molecular weight excluding hydrogens is 309 g/mol. The Morgan fingerprint density at radius 1 is 1.29 bits per heavy atom. The Bertz CT molecular complexity index is 869. The fourth-order valence-electron chi connectivity index (χ4n) is 2.91. The van der Waals surface area contributed by atoms with E-state index < -0.39 is 0 Å². The maximum atomic E-state index is 13.3. The molecule has 3 heterocycles. The molecule has 4 rings (SSSR count). The van der Waals surface area contributed by atoms with Crippen molar-refractivity contribution in [1.29, 1.82) is 0 Å². The molecule has 6 nitrogen and oxygen atoms in total. The minimum absolute atomic E-state index is 0. The van der Waals surface area contributed by atoms with E-state index in [4.69, 9.17) is 0 Å². The molecule has 0 aliphatic carbocycles. The molecule has 2 amide bonds. The molecule has 126 valence electrons. The van der Waals surface area contributed by atoms with Crippen molar-refractivity contribution < 1.29 is 9.18 Å². The molecule has 7 heteroatoms.